The molecule has 0 saturated heterocycles. The number of alkyl halides is 3. The monoisotopic (exact) mass is 337 g/mol. The SMILES string of the molecule is O=S(=O)(N[C@H]1CCC[C@@H](OCC(F)(F)F)C1)c1ccccc1. The second kappa shape index (κ2) is 6.97. The molecule has 0 radical (unpaired) electrons. The Morgan fingerprint density at radius 3 is 2.50 bits per heavy atom. The van der Waals surface area contributed by atoms with Crippen LogP contribution in [0.4, 0.5) is 13.2 Å². The van der Waals surface area contributed by atoms with Crippen LogP contribution in [0.3, 0.4) is 0 Å². The van der Waals surface area contributed by atoms with E-state index in [0.717, 1.165) is 0 Å². The van der Waals surface area contributed by atoms with Gasteiger partial charge in [-0.3, -0.25) is 0 Å². The van der Waals surface area contributed by atoms with E-state index in [2.05, 4.69) is 4.72 Å². The largest absolute Gasteiger partial charge is 0.411 e. The van der Waals surface area contributed by atoms with E-state index >= 15 is 0 Å². The maximum atomic E-state index is 12.2. The number of halogens is 3. The number of rotatable bonds is 5. The highest BCUT2D eigenvalue weighted by molar-refractivity contribution is 7.89. The lowest BCUT2D eigenvalue weighted by Crippen LogP contribution is -2.41. The van der Waals surface area contributed by atoms with Gasteiger partial charge in [-0.25, -0.2) is 13.1 Å². The average molecular weight is 337 g/mol. The first-order valence-electron chi connectivity index (χ1n) is 7.02. The molecule has 1 aromatic carbocycles. The van der Waals surface area contributed by atoms with Crippen LogP contribution >= 0.6 is 0 Å². The van der Waals surface area contributed by atoms with E-state index < -0.39 is 35.0 Å². The van der Waals surface area contributed by atoms with Gasteiger partial charge < -0.3 is 4.74 Å². The Morgan fingerprint density at radius 2 is 1.86 bits per heavy atom. The fourth-order valence-electron chi connectivity index (χ4n) is 2.50. The second-order valence-corrected chi connectivity index (χ2v) is 7.06. The number of benzene rings is 1. The van der Waals surface area contributed by atoms with Crippen molar-refractivity contribution in [2.45, 2.75) is 48.9 Å². The molecule has 1 aromatic rings. The topological polar surface area (TPSA) is 55.4 Å². The van der Waals surface area contributed by atoms with Crippen molar-refractivity contribution in [3.63, 3.8) is 0 Å². The van der Waals surface area contributed by atoms with Crippen molar-refractivity contribution >= 4 is 10.0 Å². The minimum atomic E-state index is -4.36. The Labute approximate surface area is 127 Å². The average Bonchev–Trinajstić information content (AvgIpc) is 2.45. The standard InChI is InChI=1S/C14H18F3NO3S/c15-14(16,17)10-21-12-6-4-5-11(9-12)18-22(19,20)13-7-2-1-3-8-13/h1-3,7-8,11-12,18H,4-6,9-10H2/t11-,12+/m0/s1. The Morgan fingerprint density at radius 1 is 1.18 bits per heavy atom. The van der Waals surface area contributed by atoms with Gasteiger partial charge in [-0.05, 0) is 37.8 Å². The highest BCUT2D eigenvalue weighted by Crippen LogP contribution is 2.25. The van der Waals surface area contributed by atoms with Gasteiger partial charge in [-0.2, -0.15) is 13.2 Å². The third kappa shape index (κ3) is 5.26. The van der Waals surface area contributed by atoms with Crippen molar-refractivity contribution in [3.05, 3.63) is 30.3 Å². The molecule has 22 heavy (non-hydrogen) atoms. The zero-order valence-corrected chi connectivity index (χ0v) is 12.7. The number of hydrogen-bond acceptors (Lipinski definition) is 3. The van der Waals surface area contributed by atoms with E-state index in [1.165, 1.54) is 12.1 Å². The van der Waals surface area contributed by atoms with Gasteiger partial charge in [0.15, 0.2) is 0 Å². The number of sulfonamides is 1. The molecule has 1 fully saturated rings. The van der Waals surface area contributed by atoms with E-state index in [-0.39, 0.29) is 11.3 Å². The summed E-state index contributed by atoms with van der Waals surface area (Å²) in [5.74, 6) is 0. The molecule has 4 nitrogen and oxygen atoms in total. The van der Waals surface area contributed by atoms with E-state index in [1.807, 2.05) is 0 Å². The van der Waals surface area contributed by atoms with E-state index in [9.17, 15) is 21.6 Å². The first kappa shape index (κ1) is 17.2. The maximum absolute atomic E-state index is 12.2. The summed E-state index contributed by atoms with van der Waals surface area (Å²) in [5.41, 5.74) is 0. The molecule has 0 aromatic heterocycles. The molecule has 0 heterocycles. The van der Waals surface area contributed by atoms with Crippen molar-refractivity contribution in [2.75, 3.05) is 6.61 Å². The highest BCUT2D eigenvalue weighted by atomic mass is 32.2. The maximum Gasteiger partial charge on any atom is 0.411 e. The van der Waals surface area contributed by atoms with Crippen molar-refractivity contribution in [1.82, 2.24) is 4.72 Å². The third-order valence-electron chi connectivity index (χ3n) is 3.48. The van der Waals surface area contributed by atoms with Crippen LogP contribution in [-0.4, -0.2) is 33.3 Å². The van der Waals surface area contributed by atoms with Gasteiger partial charge in [0.1, 0.15) is 6.61 Å². The van der Waals surface area contributed by atoms with Gasteiger partial charge in [0.25, 0.3) is 0 Å². The fourth-order valence-corrected chi connectivity index (χ4v) is 3.81. The Kier molecular flexibility index (Phi) is 5.46. The highest BCUT2D eigenvalue weighted by Gasteiger charge is 2.32. The summed E-state index contributed by atoms with van der Waals surface area (Å²) in [5, 5.41) is 0. The first-order chi connectivity index (χ1) is 10.3. The molecular weight excluding hydrogens is 319 g/mol. The van der Waals surface area contributed by atoms with Gasteiger partial charge in [-0.1, -0.05) is 18.2 Å². The van der Waals surface area contributed by atoms with E-state index in [1.54, 1.807) is 18.2 Å². The molecule has 2 atom stereocenters. The lowest BCUT2D eigenvalue weighted by molar-refractivity contribution is -0.188. The Balaban J connectivity index is 1.93. The van der Waals surface area contributed by atoms with Crippen LogP contribution in [0.25, 0.3) is 0 Å². The summed E-state index contributed by atoms with van der Waals surface area (Å²) < 4.78 is 68.3. The van der Waals surface area contributed by atoms with Crippen LogP contribution in [0.2, 0.25) is 0 Å². The van der Waals surface area contributed by atoms with Crippen molar-refractivity contribution in [3.8, 4) is 0 Å². The van der Waals surface area contributed by atoms with E-state index in [0.29, 0.717) is 19.3 Å². The summed E-state index contributed by atoms with van der Waals surface area (Å²) in [6.07, 6.45) is -2.94. The molecule has 0 unspecified atom stereocenters. The minimum Gasteiger partial charge on any atom is -0.369 e. The van der Waals surface area contributed by atoms with Crippen molar-refractivity contribution in [2.24, 2.45) is 0 Å². The number of nitrogens with one attached hydrogen (secondary N) is 1. The van der Waals surface area contributed by atoms with Crippen molar-refractivity contribution in [1.29, 1.82) is 0 Å². The fraction of sp³-hybridized carbons (Fsp3) is 0.571. The molecule has 1 N–H and O–H groups in total. The lowest BCUT2D eigenvalue weighted by Gasteiger charge is -2.29. The molecule has 0 bridgehead atoms. The van der Waals surface area contributed by atoms with Crippen LogP contribution in [0.1, 0.15) is 25.7 Å². The quantitative estimate of drug-likeness (QED) is 0.899. The molecule has 0 aliphatic heterocycles. The van der Waals surface area contributed by atoms with Crippen LogP contribution in [0, 0.1) is 0 Å². The second-order valence-electron chi connectivity index (χ2n) is 5.35. The number of ether oxygens (including phenoxy) is 1. The molecule has 1 aliphatic rings. The smallest absolute Gasteiger partial charge is 0.369 e. The lowest BCUT2D eigenvalue weighted by atomic mass is 9.93. The molecule has 1 aliphatic carbocycles. The zero-order chi connectivity index (χ0) is 16.2. The predicted octanol–water partition coefficient (Wildman–Crippen LogP) is 2.86. The first-order valence-corrected chi connectivity index (χ1v) is 8.50. The van der Waals surface area contributed by atoms with E-state index in [4.69, 9.17) is 4.74 Å². The van der Waals surface area contributed by atoms with Crippen molar-refractivity contribution < 1.29 is 26.3 Å². The van der Waals surface area contributed by atoms with Crippen LogP contribution in [-0.2, 0) is 14.8 Å². The van der Waals surface area contributed by atoms with Crippen LogP contribution < -0.4 is 4.72 Å². The van der Waals surface area contributed by atoms with Gasteiger partial charge in [-0.15, -0.1) is 0 Å². The summed E-state index contributed by atoms with van der Waals surface area (Å²) in [7, 11) is -3.65. The normalized spacial score (nSPS) is 23.4. The van der Waals surface area contributed by atoms with Gasteiger partial charge in [0, 0.05) is 6.04 Å². The predicted molar refractivity (Wildman–Crippen MR) is 74.8 cm³/mol. The zero-order valence-electron chi connectivity index (χ0n) is 11.8. The summed E-state index contributed by atoms with van der Waals surface area (Å²) in [6.45, 7) is -1.30. The Hall–Kier alpha value is -1.12. The Bertz CT molecular complexity index is 575. The molecule has 0 amide bonds. The molecule has 124 valence electrons. The minimum absolute atomic E-state index is 0.147. The molecule has 8 heteroatoms. The molecular formula is C14H18F3NO3S. The molecule has 2 rings (SSSR count). The van der Waals surface area contributed by atoms with Crippen LogP contribution in [0.5, 0.6) is 0 Å². The van der Waals surface area contributed by atoms with Gasteiger partial charge in [0.05, 0.1) is 11.0 Å². The number of hydrogen-bond donors (Lipinski definition) is 1. The third-order valence-corrected chi connectivity index (χ3v) is 5.02. The van der Waals surface area contributed by atoms with Gasteiger partial charge >= 0.3 is 6.18 Å². The summed E-state index contributed by atoms with van der Waals surface area (Å²) in [4.78, 5) is 0.147. The molecule has 1 saturated carbocycles. The van der Waals surface area contributed by atoms with Gasteiger partial charge in [0.2, 0.25) is 10.0 Å². The van der Waals surface area contributed by atoms with Crippen LogP contribution in [0.15, 0.2) is 35.2 Å². The summed E-state index contributed by atoms with van der Waals surface area (Å²) in [6, 6.07) is 7.49. The summed E-state index contributed by atoms with van der Waals surface area (Å²) >= 11 is 0. The molecule has 0 spiro atoms.